The van der Waals surface area contributed by atoms with Crippen molar-refractivity contribution in [2.24, 2.45) is 11.8 Å². The van der Waals surface area contributed by atoms with Crippen LogP contribution in [0.4, 0.5) is 0 Å². The summed E-state index contributed by atoms with van der Waals surface area (Å²) in [7, 11) is 0. The molecule has 2 nitrogen and oxygen atoms in total. The van der Waals surface area contributed by atoms with Crippen LogP contribution >= 0.6 is 11.6 Å². The van der Waals surface area contributed by atoms with Gasteiger partial charge in [0.2, 0.25) is 0 Å². The quantitative estimate of drug-likeness (QED) is 0.406. The molecular formula is C28H35ClN2. The van der Waals surface area contributed by atoms with Crippen LogP contribution in [0.1, 0.15) is 58.4 Å². The van der Waals surface area contributed by atoms with Crippen LogP contribution in [0.3, 0.4) is 0 Å². The average Bonchev–Trinajstić information content (AvgIpc) is 3.19. The minimum Gasteiger partial charge on any atom is -0.337 e. The Kier molecular flexibility index (Phi) is 6.12. The van der Waals surface area contributed by atoms with E-state index in [1.165, 1.54) is 73.8 Å². The number of rotatable bonds is 4. The van der Waals surface area contributed by atoms with Crippen molar-refractivity contribution in [1.29, 1.82) is 0 Å². The zero-order valence-electron chi connectivity index (χ0n) is 18.9. The van der Waals surface area contributed by atoms with E-state index in [1.54, 1.807) is 0 Å². The number of nitrogens with zero attached hydrogens (tertiary/aromatic N) is 2. The SMILES string of the molecule is CC(C)[C@H]1CC[C@@H](N2CCC(n3c(-c4ccc(Cl)cc4)cc4ccccc43)CC2)CC1. The van der Waals surface area contributed by atoms with Gasteiger partial charge in [-0.1, -0.05) is 55.8 Å². The number of likely N-dealkylation sites (tertiary alicyclic amines) is 1. The van der Waals surface area contributed by atoms with Gasteiger partial charge in [-0.15, -0.1) is 0 Å². The van der Waals surface area contributed by atoms with Gasteiger partial charge in [0.25, 0.3) is 0 Å². The van der Waals surface area contributed by atoms with E-state index in [9.17, 15) is 0 Å². The lowest BCUT2D eigenvalue weighted by molar-refractivity contribution is 0.0896. The number of hydrogen-bond acceptors (Lipinski definition) is 1. The molecule has 2 aromatic carbocycles. The van der Waals surface area contributed by atoms with Crippen LogP contribution in [0.15, 0.2) is 54.6 Å². The van der Waals surface area contributed by atoms with E-state index in [4.69, 9.17) is 11.6 Å². The fourth-order valence-electron chi connectivity index (χ4n) is 6.05. The van der Waals surface area contributed by atoms with Gasteiger partial charge in [-0.2, -0.15) is 0 Å². The second-order valence-electron chi connectivity index (χ2n) is 10.0. The minimum atomic E-state index is 0.564. The molecule has 0 spiro atoms. The molecule has 31 heavy (non-hydrogen) atoms. The van der Waals surface area contributed by atoms with Crippen molar-refractivity contribution in [3.8, 4) is 11.3 Å². The van der Waals surface area contributed by atoms with Crippen LogP contribution in [0.5, 0.6) is 0 Å². The molecule has 0 atom stereocenters. The fraction of sp³-hybridized carbons (Fsp3) is 0.500. The predicted molar refractivity (Wildman–Crippen MR) is 133 cm³/mol. The van der Waals surface area contributed by atoms with E-state index in [0.717, 1.165) is 22.9 Å². The van der Waals surface area contributed by atoms with Gasteiger partial charge in [-0.25, -0.2) is 0 Å². The van der Waals surface area contributed by atoms with Crippen molar-refractivity contribution in [2.45, 2.75) is 64.5 Å². The summed E-state index contributed by atoms with van der Waals surface area (Å²) in [6.45, 7) is 7.26. The summed E-state index contributed by atoms with van der Waals surface area (Å²) in [6.07, 6.45) is 8.12. The summed E-state index contributed by atoms with van der Waals surface area (Å²) in [5, 5.41) is 2.13. The van der Waals surface area contributed by atoms with Crippen LogP contribution in [-0.2, 0) is 0 Å². The van der Waals surface area contributed by atoms with Gasteiger partial charge in [0.05, 0.1) is 0 Å². The molecule has 1 aromatic heterocycles. The van der Waals surface area contributed by atoms with Crippen molar-refractivity contribution in [3.63, 3.8) is 0 Å². The summed E-state index contributed by atoms with van der Waals surface area (Å²) >= 11 is 6.17. The van der Waals surface area contributed by atoms with E-state index in [1.807, 2.05) is 12.1 Å². The molecule has 3 heteroatoms. The molecule has 0 amide bonds. The Morgan fingerprint density at radius 1 is 0.806 bits per heavy atom. The van der Waals surface area contributed by atoms with Crippen molar-refractivity contribution in [1.82, 2.24) is 9.47 Å². The molecular weight excluding hydrogens is 400 g/mol. The van der Waals surface area contributed by atoms with Crippen LogP contribution in [0.25, 0.3) is 22.2 Å². The molecule has 0 unspecified atom stereocenters. The van der Waals surface area contributed by atoms with Gasteiger partial charge in [0.1, 0.15) is 0 Å². The molecule has 164 valence electrons. The lowest BCUT2D eigenvalue weighted by atomic mass is 9.79. The summed E-state index contributed by atoms with van der Waals surface area (Å²) in [6, 6.07) is 20.9. The number of hydrogen-bond donors (Lipinski definition) is 0. The highest BCUT2D eigenvalue weighted by atomic mass is 35.5. The third kappa shape index (κ3) is 4.30. The van der Waals surface area contributed by atoms with Crippen LogP contribution in [0, 0.1) is 11.8 Å². The number of aromatic nitrogens is 1. The van der Waals surface area contributed by atoms with E-state index in [2.05, 4.69) is 65.8 Å². The summed E-state index contributed by atoms with van der Waals surface area (Å²) in [5.41, 5.74) is 3.95. The highest BCUT2D eigenvalue weighted by Crippen LogP contribution is 2.38. The maximum atomic E-state index is 6.17. The Hall–Kier alpha value is -1.77. The number of benzene rings is 2. The lowest BCUT2D eigenvalue weighted by Crippen LogP contribution is -2.43. The molecule has 0 N–H and O–H groups in total. The summed E-state index contributed by atoms with van der Waals surface area (Å²) in [4.78, 5) is 2.81. The molecule has 1 saturated heterocycles. The summed E-state index contributed by atoms with van der Waals surface area (Å²) in [5.74, 6) is 1.79. The molecule has 5 rings (SSSR count). The second-order valence-corrected chi connectivity index (χ2v) is 10.5. The highest BCUT2D eigenvalue weighted by molar-refractivity contribution is 6.30. The first-order chi connectivity index (χ1) is 15.1. The van der Waals surface area contributed by atoms with Crippen molar-refractivity contribution < 1.29 is 0 Å². The van der Waals surface area contributed by atoms with Crippen molar-refractivity contribution in [2.75, 3.05) is 13.1 Å². The number of piperidine rings is 1. The van der Waals surface area contributed by atoms with Crippen LogP contribution in [-0.4, -0.2) is 28.6 Å². The molecule has 3 aromatic rings. The first kappa shape index (κ1) is 21.1. The third-order valence-corrected chi connectivity index (χ3v) is 8.20. The van der Waals surface area contributed by atoms with Gasteiger partial charge >= 0.3 is 0 Å². The normalized spacial score (nSPS) is 23.6. The number of para-hydroxylation sites is 1. The number of halogens is 1. The molecule has 2 aliphatic rings. The Morgan fingerprint density at radius 2 is 1.48 bits per heavy atom. The first-order valence-electron chi connectivity index (χ1n) is 12.2. The number of fused-ring (bicyclic) bond motifs is 1. The maximum absolute atomic E-state index is 6.17. The highest BCUT2D eigenvalue weighted by Gasteiger charge is 2.31. The lowest BCUT2D eigenvalue weighted by Gasteiger charge is -2.42. The summed E-state index contributed by atoms with van der Waals surface area (Å²) < 4.78 is 2.62. The Labute approximate surface area is 192 Å². The van der Waals surface area contributed by atoms with E-state index in [0.29, 0.717) is 6.04 Å². The standard InChI is InChI=1S/C28H35ClN2/c1-20(2)21-9-13-25(14-10-21)30-17-15-26(16-18-30)31-27-6-4-3-5-23(27)19-28(31)22-7-11-24(29)12-8-22/h3-8,11-12,19-21,25-26H,9-10,13-18H2,1-2H3/t21-,25+. The van der Waals surface area contributed by atoms with E-state index >= 15 is 0 Å². The van der Waals surface area contributed by atoms with Gasteiger partial charge in [0.15, 0.2) is 0 Å². The van der Waals surface area contributed by atoms with Gasteiger partial charge < -0.3 is 9.47 Å². The predicted octanol–water partition coefficient (Wildman–Crippen LogP) is 7.81. The van der Waals surface area contributed by atoms with Crippen molar-refractivity contribution >= 4 is 22.5 Å². The van der Waals surface area contributed by atoms with Crippen LogP contribution in [0.2, 0.25) is 5.02 Å². The molecule has 1 saturated carbocycles. The largest absolute Gasteiger partial charge is 0.337 e. The first-order valence-corrected chi connectivity index (χ1v) is 12.6. The van der Waals surface area contributed by atoms with E-state index in [-0.39, 0.29) is 0 Å². The monoisotopic (exact) mass is 434 g/mol. The topological polar surface area (TPSA) is 8.17 Å². The van der Waals surface area contributed by atoms with Crippen LogP contribution < -0.4 is 0 Å². The Bertz CT molecular complexity index is 1000. The van der Waals surface area contributed by atoms with Crippen molar-refractivity contribution in [3.05, 3.63) is 59.6 Å². The van der Waals surface area contributed by atoms with Gasteiger partial charge in [-0.3, -0.25) is 0 Å². The smallest absolute Gasteiger partial charge is 0.0493 e. The molecule has 0 bridgehead atoms. The van der Waals surface area contributed by atoms with Gasteiger partial charge in [0, 0.05) is 46.8 Å². The molecule has 2 fully saturated rings. The Morgan fingerprint density at radius 3 is 2.16 bits per heavy atom. The Balaban J connectivity index is 1.35. The zero-order valence-corrected chi connectivity index (χ0v) is 19.7. The maximum Gasteiger partial charge on any atom is 0.0493 e. The third-order valence-electron chi connectivity index (χ3n) is 7.95. The van der Waals surface area contributed by atoms with Gasteiger partial charge in [-0.05, 0) is 80.2 Å². The minimum absolute atomic E-state index is 0.564. The molecule has 2 heterocycles. The second kappa shape index (κ2) is 9.00. The zero-order chi connectivity index (χ0) is 21.4. The molecule has 1 aliphatic heterocycles. The average molecular weight is 435 g/mol. The molecule has 1 aliphatic carbocycles. The van der Waals surface area contributed by atoms with E-state index < -0.39 is 0 Å². The fourth-order valence-corrected chi connectivity index (χ4v) is 6.18. The molecule has 0 radical (unpaired) electrons.